The molecule has 1 aromatic rings. The van der Waals surface area contributed by atoms with Gasteiger partial charge in [0.05, 0.1) is 12.5 Å². The SMILES string of the molecule is CCOCN(C(=O)OC(C)(C)C)c1cnc[nH]1. The lowest BCUT2D eigenvalue weighted by atomic mass is 10.2. The summed E-state index contributed by atoms with van der Waals surface area (Å²) in [5.74, 6) is 0.549. The number of anilines is 1. The van der Waals surface area contributed by atoms with E-state index in [2.05, 4.69) is 9.97 Å². The van der Waals surface area contributed by atoms with Crippen molar-refractivity contribution >= 4 is 11.9 Å². The maximum atomic E-state index is 11.9. The van der Waals surface area contributed by atoms with E-state index >= 15 is 0 Å². The fourth-order valence-corrected chi connectivity index (χ4v) is 1.12. The molecule has 6 nitrogen and oxygen atoms in total. The topological polar surface area (TPSA) is 67.4 Å². The van der Waals surface area contributed by atoms with E-state index in [1.165, 1.54) is 11.2 Å². The Balaban J connectivity index is 2.73. The molecule has 0 fully saturated rings. The zero-order valence-corrected chi connectivity index (χ0v) is 10.7. The highest BCUT2D eigenvalue weighted by Gasteiger charge is 2.24. The number of aromatic amines is 1. The molecule has 1 N–H and O–H groups in total. The van der Waals surface area contributed by atoms with Crippen LogP contribution in [0.25, 0.3) is 0 Å². The molecule has 0 saturated carbocycles. The van der Waals surface area contributed by atoms with Crippen molar-refractivity contribution in [3.8, 4) is 0 Å². The van der Waals surface area contributed by atoms with Crippen molar-refractivity contribution in [2.24, 2.45) is 0 Å². The summed E-state index contributed by atoms with van der Waals surface area (Å²) in [6.45, 7) is 7.96. The van der Waals surface area contributed by atoms with Crippen molar-refractivity contribution in [3.63, 3.8) is 0 Å². The summed E-state index contributed by atoms with van der Waals surface area (Å²) < 4.78 is 10.5. The first kappa shape index (κ1) is 13.5. The molecule has 1 aromatic heterocycles. The standard InChI is InChI=1S/C11H19N3O3/c1-5-16-8-14(9-6-12-7-13-9)10(15)17-11(2,3)4/h6-7H,5,8H2,1-4H3,(H,12,13). The summed E-state index contributed by atoms with van der Waals surface area (Å²) in [5, 5.41) is 0. The van der Waals surface area contributed by atoms with Crippen LogP contribution in [0.2, 0.25) is 0 Å². The largest absolute Gasteiger partial charge is 0.443 e. The van der Waals surface area contributed by atoms with Crippen molar-refractivity contribution in [1.29, 1.82) is 0 Å². The summed E-state index contributed by atoms with van der Waals surface area (Å²) in [5.41, 5.74) is -0.540. The lowest BCUT2D eigenvalue weighted by Gasteiger charge is -2.25. The van der Waals surface area contributed by atoms with Gasteiger partial charge in [-0.15, -0.1) is 0 Å². The molecular weight excluding hydrogens is 222 g/mol. The van der Waals surface area contributed by atoms with Crippen molar-refractivity contribution in [2.75, 3.05) is 18.2 Å². The number of hydrogen-bond donors (Lipinski definition) is 1. The molecule has 0 atom stereocenters. The van der Waals surface area contributed by atoms with E-state index in [-0.39, 0.29) is 6.73 Å². The normalized spacial score (nSPS) is 11.3. The van der Waals surface area contributed by atoms with Gasteiger partial charge in [-0.3, -0.25) is 0 Å². The molecule has 96 valence electrons. The van der Waals surface area contributed by atoms with Crippen LogP contribution in [0, 0.1) is 0 Å². The van der Waals surface area contributed by atoms with Crippen LogP contribution < -0.4 is 4.90 Å². The number of aromatic nitrogens is 2. The Morgan fingerprint density at radius 3 is 2.71 bits per heavy atom. The second-order valence-electron chi connectivity index (χ2n) is 4.47. The van der Waals surface area contributed by atoms with Crippen LogP contribution >= 0.6 is 0 Å². The first-order valence-corrected chi connectivity index (χ1v) is 5.50. The minimum atomic E-state index is -0.540. The average Bonchev–Trinajstić information content (AvgIpc) is 2.68. The molecular formula is C11H19N3O3. The van der Waals surface area contributed by atoms with E-state index < -0.39 is 11.7 Å². The maximum Gasteiger partial charge on any atom is 0.417 e. The van der Waals surface area contributed by atoms with Crippen LogP contribution in [0.3, 0.4) is 0 Å². The molecule has 0 saturated heterocycles. The van der Waals surface area contributed by atoms with E-state index in [0.717, 1.165) is 0 Å². The Morgan fingerprint density at radius 2 is 2.24 bits per heavy atom. The highest BCUT2D eigenvalue weighted by atomic mass is 16.6. The Hall–Kier alpha value is -1.56. The average molecular weight is 241 g/mol. The van der Waals surface area contributed by atoms with Gasteiger partial charge in [-0.05, 0) is 27.7 Å². The van der Waals surface area contributed by atoms with Crippen LogP contribution in [0.5, 0.6) is 0 Å². The van der Waals surface area contributed by atoms with Gasteiger partial charge in [0.25, 0.3) is 0 Å². The first-order chi connectivity index (χ1) is 7.94. The molecule has 0 radical (unpaired) electrons. The number of amides is 1. The van der Waals surface area contributed by atoms with Crippen molar-refractivity contribution < 1.29 is 14.3 Å². The predicted molar refractivity (Wildman–Crippen MR) is 63.8 cm³/mol. The van der Waals surface area contributed by atoms with Crippen LogP contribution in [0.4, 0.5) is 10.6 Å². The van der Waals surface area contributed by atoms with Crippen LogP contribution in [0.1, 0.15) is 27.7 Å². The molecule has 1 heterocycles. The highest BCUT2D eigenvalue weighted by Crippen LogP contribution is 2.15. The molecule has 6 heteroatoms. The number of imidazole rings is 1. The lowest BCUT2D eigenvalue weighted by molar-refractivity contribution is 0.0498. The smallest absolute Gasteiger partial charge is 0.417 e. The molecule has 0 bridgehead atoms. The van der Waals surface area contributed by atoms with E-state index in [0.29, 0.717) is 12.4 Å². The molecule has 0 aromatic carbocycles. The fourth-order valence-electron chi connectivity index (χ4n) is 1.12. The Kier molecular flexibility index (Phi) is 4.51. The number of nitrogens with one attached hydrogen (secondary N) is 1. The van der Waals surface area contributed by atoms with Crippen LogP contribution in [-0.4, -0.2) is 35.0 Å². The van der Waals surface area contributed by atoms with Gasteiger partial charge in [-0.1, -0.05) is 0 Å². The summed E-state index contributed by atoms with van der Waals surface area (Å²) in [6, 6.07) is 0. The number of carbonyl (C=O) groups excluding carboxylic acids is 1. The Labute approximate surface area is 101 Å². The number of carbonyl (C=O) groups is 1. The van der Waals surface area contributed by atoms with Crippen LogP contribution in [0.15, 0.2) is 12.5 Å². The van der Waals surface area contributed by atoms with E-state index in [9.17, 15) is 4.79 Å². The van der Waals surface area contributed by atoms with Gasteiger partial charge in [0, 0.05) is 6.61 Å². The summed E-state index contributed by atoms with van der Waals surface area (Å²) in [7, 11) is 0. The van der Waals surface area contributed by atoms with Crippen molar-refractivity contribution in [1.82, 2.24) is 9.97 Å². The first-order valence-electron chi connectivity index (χ1n) is 5.50. The summed E-state index contributed by atoms with van der Waals surface area (Å²) in [6.07, 6.45) is 2.58. The molecule has 0 aliphatic heterocycles. The third-order valence-electron chi connectivity index (χ3n) is 1.81. The zero-order valence-electron chi connectivity index (χ0n) is 10.7. The number of ether oxygens (including phenoxy) is 2. The maximum absolute atomic E-state index is 11.9. The molecule has 0 aliphatic rings. The Bertz CT molecular complexity index is 343. The molecule has 0 spiro atoms. The molecule has 0 unspecified atom stereocenters. The molecule has 17 heavy (non-hydrogen) atoms. The monoisotopic (exact) mass is 241 g/mol. The van der Waals surface area contributed by atoms with Gasteiger partial charge >= 0.3 is 6.09 Å². The van der Waals surface area contributed by atoms with Gasteiger partial charge in [0.15, 0.2) is 0 Å². The summed E-state index contributed by atoms with van der Waals surface area (Å²) in [4.78, 5) is 20.0. The minimum absolute atomic E-state index is 0.133. The minimum Gasteiger partial charge on any atom is -0.443 e. The third-order valence-corrected chi connectivity index (χ3v) is 1.81. The van der Waals surface area contributed by atoms with Gasteiger partial charge < -0.3 is 14.5 Å². The quantitative estimate of drug-likeness (QED) is 0.820. The molecule has 0 aliphatic carbocycles. The molecule has 1 rings (SSSR count). The van der Waals surface area contributed by atoms with E-state index in [4.69, 9.17) is 9.47 Å². The molecule has 1 amide bonds. The lowest BCUT2D eigenvalue weighted by Crippen LogP contribution is -2.38. The van der Waals surface area contributed by atoms with Gasteiger partial charge in [0.1, 0.15) is 18.1 Å². The van der Waals surface area contributed by atoms with Gasteiger partial charge in [-0.2, -0.15) is 0 Å². The second-order valence-corrected chi connectivity index (χ2v) is 4.47. The number of nitrogens with zero attached hydrogens (tertiary/aromatic N) is 2. The van der Waals surface area contributed by atoms with Gasteiger partial charge in [-0.25, -0.2) is 14.7 Å². The zero-order chi connectivity index (χ0) is 12.9. The number of H-pyrrole nitrogens is 1. The Morgan fingerprint density at radius 1 is 1.53 bits per heavy atom. The van der Waals surface area contributed by atoms with E-state index in [1.807, 2.05) is 27.7 Å². The number of hydrogen-bond acceptors (Lipinski definition) is 4. The van der Waals surface area contributed by atoms with Crippen molar-refractivity contribution in [3.05, 3.63) is 12.5 Å². The third kappa shape index (κ3) is 4.44. The van der Waals surface area contributed by atoms with Gasteiger partial charge in [0.2, 0.25) is 0 Å². The summed E-state index contributed by atoms with van der Waals surface area (Å²) >= 11 is 0. The van der Waals surface area contributed by atoms with E-state index in [1.54, 1.807) is 6.20 Å². The fraction of sp³-hybridized carbons (Fsp3) is 0.636. The second kappa shape index (κ2) is 5.67. The van der Waals surface area contributed by atoms with Crippen LogP contribution in [-0.2, 0) is 9.47 Å². The highest BCUT2D eigenvalue weighted by molar-refractivity contribution is 5.86. The predicted octanol–water partition coefficient (Wildman–Crippen LogP) is 2.15. The van der Waals surface area contributed by atoms with Crippen molar-refractivity contribution in [2.45, 2.75) is 33.3 Å². The number of rotatable bonds is 4.